The van der Waals surface area contributed by atoms with Crippen molar-refractivity contribution in [3.8, 4) is 0 Å². The Balaban J connectivity index is 2.10. The molecule has 2 atom stereocenters. The molecule has 1 aliphatic rings. The number of likely N-dealkylation sites (tertiary alicyclic amines) is 1. The maximum atomic E-state index is 12.3. The number of piperidine rings is 1. The van der Waals surface area contributed by atoms with Gasteiger partial charge in [-0.3, -0.25) is 9.59 Å². The predicted molar refractivity (Wildman–Crippen MR) is 84.1 cm³/mol. The van der Waals surface area contributed by atoms with Gasteiger partial charge in [0.15, 0.2) is 0 Å². The molecule has 6 heteroatoms. The Morgan fingerprint density at radius 2 is 1.90 bits per heavy atom. The van der Waals surface area contributed by atoms with Crippen molar-refractivity contribution in [2.24, 2.45) is 0 Å². The van der Waals surface area contributed by atoms with Crippen LogP contribution in [0.2, 0.25) is 5.02 Å². The summed E-state index contributed by atoms with van der Waals surface area (Å²) in [7, 11) is 0. The minimum Gasteiger partial charge on any atom is -0.399 e. The van der Waals surface area contributed by atoms with E-state index in [0.717, 1.165) is 19.3 Å². The molecule has 5 nitrogen and oxygen atoms in total. The molecule has 2 amide bonds. The van der Waals surface area contributed by atoms with Crippen LogP contribution in [0.4, 0.5) is 11.4 Å². The van der Waals surface area contributed by atoms with Crippen molar-refractivity contribution in [2.45, 2.75) is 45.2 Å². The lowest BCUT2D eigenvalue weighted by atomic mass is 9.97. The van der Waals surface area contributed by atoms with Crippen molar-refractivity contribution in [2.75, 3.05) is 11.1 Å². The highest BCUT2D eigenvalue weighted by Crippen LogP contribution is 2.25. The first-order chi connectivity index (χ1) is 9.90. The summed E-state index contributed by atoms with van der Waals surface area (Å²) in [6, 6.07) is 4.90. The lowest BCUT2D eigenvalue weighted by Gasteiger charge is -2.38. The highest BCUT2D eigenvalue weighted by atomic mass is 35.5. The second-order valence-electron chi connectivity index (χ2n) is 5.53. The Morgan fingerprint density at radius 3 is 2.48 bits per heavy atom. The average Bonchev–Trinajstić information content (AvgIpc) is 2.41. The van der Waals surface area contributed by atoms with Gasteiger partial charge in [-0.2, -0.15) is 0 Å². The van der Waals surface area contributed by atoms with E-state index in [-0.39, 0.29) is 12.1 Å². The Morgan fingerprint density at radius 1 is 1.29 bits per heavy atom. The molecule has 3 N–H and O–H groups in total. The SMILES string of the molecule is CC1CCCC(C)N1C(=O)C(=O)Nc1ccc(N)cc1Cl. The van der Waals surface area contributed by atoms with Gasteiger partial charge in [0.25, 0.3) is 0 Å². The van der Waals surface area contributed by atoms with Gasteiger partial charge in [0.2, 0.25) is 0 Å². The normalized spacial score (nSPS) is 22.0. The van der Waals surface area contributed by atoms with Gasteiger partial charge >= 0.3 is 11.8 Å². The van der Waals surface area contributed by atoms with E-state index < -0.39 is 11.8 Å². The standard InChI is InChI=1S/C15H20ClN3O2/c1-9-4-3-5-10(2)19(9)15(21)14(20)18-13-7-6-11(17)8-12(13)16/h6-10H,3-5,17H2,1-2H3,(H,18,20). The van der Waals surface area contributed by atoms with Gasteiger partial charge in [0.05, 0.1) is 10.7 Å². The Hall–Kier alpha value is -1.75. The second kappa shape index (κ2) is 6.35. The second-order valence-corrected chi connectivity index (χ2v) is 5.94. The molecule has 0 radical (unpaired) electrons. The van der Waals surface area contributed by atoms with Gasteiger partial charge < -0.3 is 16.0 Å². The molecule has 2 rings (SSSR count). The highest BCUT2D eigenvalue weighted by molar-refractivity contribution is 6.41. The first-order valence-electron chi connectivity index (χ1n) is 7.09. The van der Waals surface area contributed by atoms with E-state index in [0.29, 0.717) is 16.4 Å². The van der Waals surface area contributed by atoms with E-state index in [4.69, 9.17) is 17.3 Å². The monoisotopic (exact) mass is 309 g/mol. The molecule has 1 fully saturated rings. The molecule has 0 bridgehead atoms. The number of benzene rings is 1. The minimum atomic E-state index is -0.665. The minimum absolute atomic E-state index is 0.0777. The smallest absolute Gasteiger partial charge is 0.313 e. The number of rotatable bonds is 1. The molecule has 1 heterocycles. The van der Waals surface area contributed by atoms with Crippen LogP contribution in [0.1, 0.15) is 33.1 Å². The van der Waals surface area contributed by atoms with E-state index in [1.807, 2.05) is 13.8 Å². The van der Waals surface area contributed by atoms with Crippen LogP contribution in [0.5, 0.6) is 0 Å². The third-order valence-electron chi connectivity index (χ3n) is 3.86. The molecular formula is C15H20ClN3O2. The van der Waals surface area contributed by atoms with Crippen molar-refractivity contribution in [1.29, 1.82) is 0 Å². The molecule has 1 aliphatic heterocycles. The first-order valence-corrected chi connectivity index (χ1v) is 7.46. The number of halogens is 1. The van der Waals surface area contributed by atoms with Crippen molar-refractivity contribution < 1.29 is 9.59 Å². The average molecular weight is 310 g/mol. The fraction of sp³-hybridized carbons (Fsp3) is 0.467. The van der Waals surface area contributed by atoms with Crippen LogP contribution in [0.3, 0.4) is 0 Å². The molecule has 1 aromatic carbocycles. The zero-order valence-corrected chi connectivity index (χ0v) is 13.0. The summed E-state index contributed by atoms with van der Waals surface area (Å²) >= 11 is 6.00. The Kier molecular flexibility index (Phi) is 4.73. The molecule has 0 aromatic heterocycles. The van der Waals surface area contributed by atoms with Gasteiger partial charge in [-0.25, -0.2) is 0 Å². The van der Waals surface area contributed by atoms with E-state index in [9.17, 15) is 9.59 Å². The summed E-state index contributed by atoms with van der Waals surface area (Å²) in [5.74, 6) is -1.18. The molecule has 0 saturated carbocycles. The zero-order chi connectivity index (χ0) is 15.6. The zero-order valence-electron chi connectivity index (χ0n) is 12.2. The van der Waals surface area contributed by atoms with Gasteiger partial charge in [-0.1, -0.05) is 11.6 Å². The predicted octanol–water partition coefficient (Wildman–Crippen LogP) is 2.65. The molecule has 114 valence electrons. The van der Waals surface area contributed by atoms with Crippen LogP contribution in [-0.2, 0) is 9.59 Å². The quantitative estimate of drug-likeness (QED) is 0.618. The third-order valence-corrected chi connectivity index (χ3v) is 4.18. The number of hydrogen-bond acceptors (Lipinski definition) is 3. The number of carbonyl (C=O) groups excluding carboxylic acids is 2. The molecule has 0 spiro atoms. The number of nitrogens with one attached hydrogen (secondary N) is 1. The van der Waals surface area contributed by atoms with Gasteiger partial charge in [-0.15, -0.1) is 0 Å². The van der Waals surface area contributed by atoms with Crippen LogP contribution >= 0.6 is 11.6 Å². The van der Waals surface area contributed by atoms with Crippen molar-refractivity contribution in [1.82, 2.24) is 4.90 Å². The van der Waals surface area contributed by atoms with E-state index >= 15 is 0 Å². The summed E-state index contributed by atoms with van der Waals surface area (Å²) in [4.78, 5) is 26.2. The number of anilines is 2. The number of hydrogen-bond donors (Lipinski definition) is 2. The Labute approximate surface area is 129 Å². The van der Waals surface area contributed by atoms with Gasteiger partial charge in [0.1, 0.15) is 0 Å². The summed E-state index contributed by atoms with van der Waals surface area (Å²) in [6.45, 7) is 3.94. The highest BCUT2D eigenvalue weighted by Gasteiger charge is 2.32. The molecular weight excluding hydrogens is 290 g/mol. The maximum Gasteiger partial charge on any atom is 0.313 e. The van der Waals surface area contributed by atoms with Gasteiger partial charge in [-0.05, 0) is 51.3 Å². The topological polar surface area (TPSA) is 75.4 Å². The van der Waals surface area contributed by atoms with Crippen LogP contribution in [-0.4, -0.2) is 28.8 Å². The van der Waals surface area contributed by atoms with Crippen LogP contribution in [0.15, 0.2) is 18.2 Å². The van der Waals surface area contributed by atoms with Crippen molar-refractivity contribution >= 4 is 34.8 Å². The van der Waals surface area contributed by atoms with Gasteiger partial charge in [0, 0.05) is 17.8 Å². The molecule has 0 aliphatic carbocycles. The first kappa shape index (κ1) is 15.6. The number of carbonyl (C=O) groups is 2. The van der Waals surface area contributed by atoms with Crippen LogP contribution in [0.25, 0.3) is 0 Å². The summed E-state index contributed by atoms with van der Waals surface area (Å²) in [5, 5.41) is 2.87. The lowest BCUT2D eigenvalue weighted by Crippen LogP contribution is -2.51. The van der Waals surface area contributed by atoms with Crippen molar-refractivity contribution in [3.05, 3.63) is 23.2 Å². The number of amides is 2. The van der Waals surface area contributed by atoms with E-state index in [1.54, 1.807) is 17.0 Å². The van der Waals surface area contributed by atoms with E-state index in [2.05, 4.69) is 5.32 Å². The summed E-state index contributed by atoms with van der Waals surface area (Å²) in [5.41, 5.74) is 6.49. The summed E-state index contributed by atoms with van der Waals surface area (Å²) in [6.07, 6.45) is 2.93. The molecule has 2 unspecified atom stereocenters. The summed E-state index contributed by atoms with van der Waals surface area (Å²) < 4.78 is 0. The molecule has 21 heavy (non-hydrogen) atoms. The lowest BCUT2D eigenvalue weighted by molar-refractivity contribution is -0.147. The fourth-order valence-electron chi connectivity index (χ4n) is 2.75. The van der Waals surface area contributed by atoms with E-state index in [1.165, 1.54) is 6.07 Å². The van der Waals surface area contributed by atoms with Crippen molar-refractivity contribution in [3.63, 3.8) is 0 Å². The van der Waals surface area contributed by atoms with Crippen LogP contribution in [0, 0.1) is 0 Å². The van der Waals surface area contributed by atoms with Crippen LogP contribution < -0.4 is 11.1 Å². The fourth-order valence-corrected chi connectivity index (χ4v) is 2.98. The third kappa shape index (κ3) is 3.47. The largest absolute Gasteiger partial charge is 0.399 e. The number of nitrogen functional groups attached to an aromatic ring is 1. The molecule has 1 saturated heterocycles. The Bertz CT molecular complexity index is 552. The number of nitrogens with two attached hydrogens (primary N) is 1. The molecule has 1 aromatic rings. The maximum absolute atomic E-state index is 12.3. The number of nitrogens with zero attached hydrogens (tertiary/aromatic N) is 1.